The Morgan fingerprint density at radius 3 is 2.05 bits per heavy atom. The van der Waals surface area contributed by atoms with Gasteiger partial charge in [0.2, 0.25) is 0 Å². The van der Waals surface area contributed by atoms with Crippen LogP contribution in [-0.4, -0.2) is 34.4 Å². The minimum absolute atomic E-state index is 0.258. The lowest BCUT2D eigenvalue weighted by Gasteiger charge is -2.23. The summed E-state index contributed by atoms with van der Waals surface area (Å²) in [6.07, 6.45) is 7.10. The van der Waals surface area contributed by atoms with Crippen LogP contribution in [0.25, 0.3) is 0 Å². The van der Waals surface area contributed by atoms with E-state index in [-0.39, 0.29) is 5.97 Å². The van der Waals surface area contributed by atoms with Crippen molar-refractivity contribution < 1.29 is 18.4 Å². The van der Waals surface area contributed by atoms with Crippen molar-refractivity contribution in [3.63, 3.8) is 0 Å². The summed E-state index contributed by atoms with van der Waals surface area (Å²) in [4.78, 5) is 12.0. The van der Waals surface area contributed by atoms with Gasteiger partial charge in [0.1, 0.15) is 0 Å². The predicted molar refractivity (Wildman–Crippen MR) is 93.0 cm³/mol. The fraction of sp³-hybridized carbons (Fsp3) is 0.824. The van der Waals surface area contributed by atoms with Gasteiger partial charge < -0.3 is 13.6 Å². The summed E-state index contributed by atoms with van der Waals surface area (Å²) in [7, 11) is -2.41. The normalized spacial score (nSPS) is 12.5. The number of carbonyl (C=O) groups is 1. The van der Waals surface area contributed by atoms with Gasteiger partial charge in [-0.15, -0.1) is 0 Å². The minimum atomic E-state index is -2.41. The highest BCUT2D eigenvalue weighted by molar-refractivity contribution is 6.71. The minimum Gasteiger partial charge on any atom is -0.462 e. The molecule has 0 heterocycles. The highest BCUT2D eigenvalue weighted by Gasteiger charge is 2.29. The molecule has 0 rings (SSSR count). The summed E-state index contributed by atoms with van der Waals surface area (Å²) >= 11 is 0. The molecule has 0 aromatic carbocycles. The van der Waals surface area contributed by atoms with E-state index >= 15 is 0 Å². The van der Waals surface area contributed by atoms with Gasteiger partial charge in [0, 0.05) is 18.8 Å². The molecule has 0 spiro atoms. The standard InChI is InChI=1S/C17H34O4Si/c1-6-9-10-11-12-13-14-19-17(18)16(4)15-22(5,20-7-2)21-8-3/h15H,6-14H2,1-5H3. The Morgan fingerprint density at radius 1 is 0.955 bits per heavy atom. The van der Waals surface area contributed by atoms with Crippen LogP contribution in [0.1, 0.15) is 66.2 Å². The second kappa shape index (κ2) is 12.8. The molecular weight excluding hydrogens is 296 g/mol. The van der Waals surface area contributed by atoms with Crippen molar-refractivity contribution in [1.82, 2.24) is 0 Å². The van der Waals surface area contributed by atoms with Crippen LogP contribution < -0.4 is 0 Å². The first-order valence-corrected chi connectivity index (χ1v) is 11.0. The number of hydrogen-bond acceptors (Lipinski definition) is 4. The second-order valence-electron chi connectivity index (χ2n) is 5.61. The van der Waals surface area contributed by atoms with Crippen molar-refractivity contribution in [2.24, 2.45) is 0 Å². The van der Waals surface area contributed by atoms with E-state index in [1.54, 1.807) is 6.92 Å². The maximum Gasteiger partial charge on any atom is 0.362 e. The molecule has 0 aliphatic carbocycles. The van der Waals surface area contributed by atoms with Gasteiger partial charge in [0.05, 0.1) is 6.61 Å². The van der Waals surface area contributed by atoms with Gasteiger partial charge >= 0.3 is 14.5 Å². The van der Waals surface area contributed by atoms with Crippen molar-refractivity contribution in [1.29, 1.82) is 0 Å². The van der Waals surface area contributed by atoms with Crippen molar-refractivity contribution in [3.05, 3.63) is 11.3 Å². The molecule has 0 amide bonds. The summed E-state index contributed by atoms with van der Waals surface area (Å²) < 4.78 is 16.7. The van der Waals surface area contributed by atoms with E-state index in [9.17, 15) is 4.79 Å². The molecule has 0 atom stereocenters. The summed E-state index contributed by atoms with van der Waals surface area (Å²) in [5, 5.41) is 0. The second-order valence-corrected chi connectivity index (χ2v) is 8.51. The van der Waals surface area contributed by atoms with Gasteiger partial charge in [-0.1, -0.05) is 39.0 Å². The van der Waals surface area contributed by atoms with Crippen LogP contribution in [0.15, 0.2) is 11.3 Å². The van der Waals surface area contributed by atoms with Crippen LogP contribution in [0, 0.1) is 0 Å². The Balaban J connectivity index is 4.15. The first-order valence-electron chi connectivity index (χ1n) is 8.63. The fourth-order valence-corrected chi connectivity index (χ4v) is 4.61. The van der Waals surface area contributed by atoms with Gasteiger partial charge in [-0.25, -0.2) is 4.79 Å². The van der Waals surface area contributed by atoms with Crippen LogP contribution >= 0.6 is 0 Å². The highest BCUT2D eigenvalue weighted by Crippen LogP contribution is 2.13. The molecule has 4 nitrogen and oxygen atoms in total. The van der Waals surface area contributed by atoms with Gasteiger partial charge in [-0.05, 0) is 39.4 Å². The SMILES string of the molecule is CCCCCCCCOC(=O)C(C)=C[Si](C)(OCC)OCC. The Morgan fingerprint density at radius 2 is 1.50 bits per heavy atom. The van der Waals surface area contributed by atoms with E-state index in [0.29, 0.717) is 25.4 Å². The molecule has 0 aliphatic heterocycles. The van der Waals surface area contributed by atoms with Crippen LogP contribution in [0.5, 0.6) is 0 Å². The number of esters is 1. The molecule has 22 heavy (non-hydrogen) atoms. The maximum absolute atomic E-state index is 12.0. The number of unbranched alkanes of at least 4 members (excludes halogenated alkanes) is 5. The van der Waals surface area contributed by atoms with Crippen LogP contribution in [0.3, 0.4) is 0 Å². The molecule has 0 aliphatic rings. The molecule has 5 heteroatoms. The lowest BCUT2D eigenvalue weighted by molar-refractivity contribution is -0.139. The largest absolute Gasteiger partial charge is 0.462 e. The van der Waals surface area contributed by atoms with E-state index in [2.05, 4.69) is 6.92 Å². The van der Waals surface area contributed by atoms with Crippen molar-refractivity contribution in [2.45, 2.75) is 72.8 Å². The van der Waals surface area contributed by atoms with Crippen molar-refractivity contribution >= 4 is 14.5 Å². The third kappa shape index (κ3) is 10.1. The Labute approximate surface area is 137 Å². The average molecular weight is 331 g/mol. The molecule has 0 aromatic heterocycles. The highest BCUT2D eigenvalue weighted by atomic mass is 28.4. The summed E-state index contributed by atoms with van der Waals surface area (Å²) in [5.41, 5.74) is 2.42. The zero-order chi connectivity index (χ0) is 16.8. The molecule has 0 radical (unpaired) electrons. The molecule has 130 valence electrons. The van der Waals surface area contributed by atoms with Crippen LogP contribution in [-0.2, 0) is 18.4 Å². The zero-order valence-electron chi connectivity index (χ0n) is 15.1. The van der Waals surface area contributed by atoms with Gasteiger partial charge in [-0.2, -0.15) is 0 Å². The van der Waals surface area contributed by atoms with E-state index < -0.39 is 8.56 Å². The number of rotatable bonds is 13. The molecule has 0 saturated heterocycles. The summed E-state index contributed by atoms with van der Waals surface area (Å²) in [6, 6.07) is 0. The molecule has 0 N–H and O–H groups in total. The molecule has 0 saturated carbocycles. The molecule has 0 unspecified atom stereocenters. The molecule has 0 fully saturated rings. The van der Waals surface area contributed by atoms with Gasteiger partial charge in [0.25, 0.3) is 0 Å². The average Bonchev–Trinajstić information content (AvgIpc) is 2.46. The summed E-state index contributed by atoms with van der Waals surface area (Å²) in [5.74, 6) is -0.258. The lowest BCUT2D eigenvalue weighted by atomic mass is 10.1. The maximum atomic E-state index is 12.0. The van der Waals surface area contributed by atoms with E-state index in [4.69, 9.17) is 13.6 Å². The fourth-order valence-electron chi connectivity index (χ4n) is 2.31. The predicted octanol–water partition coefficient (Wildman–Crippen LogP) is 4.52. The van der Waals surface area contributed by atoms with E-state index in [1.165, 1.54) is 25.7 Å². The third-order valence-corrected chi connectivity index (χ3v) is 6.07. The Bertz CT molecular complexity index is 323. The third-order valence-electron chi connectivity index (χ3n) is 3.39. The van der Waals surface area contributed by atoms with Crippen molar-refractivity contribution in [3.8, 4) is 0 Å². The molecular formula is C17H34O4Si. The van der Waals surface area contributed by atoms with Crippen LogP contribution in [0.4, 0.5) is 0 Å². The van der Waals surface area contributed by atoms with Gasteiger partial charge in [0.15, 0.2) is 0 Å². The van der Waals surface area contributed by atoms with Gasteiger partial charge in [-0.3, -0.25) is 0 Å². The first-order chi connectivity index (χ1) is 10.5. The number of ether oxygens (including phenoxy) is 1. The number of carbonyl (C=O) groups excluding carboxylic acids is 1. The van der Waals surface area contributed by atoms with Crippen molar-refractivity contribution in [2.75, 3.05) is 19.8 Å². The Hall–Kier alpha value is -0.653. The zero-order valence-corrected chi connectivity index (χ0v) is 16.1. The smallest absolute Gasteiger partial charge is 0.362 e. The Kier molecular flexibility index (Phi) is 12.5. The van der Waals surface area contributed by atoms with E-state index in [1.807, 2.05) is 26.1 Å². The topological polar surface area (TPSA) is 44.8 Å². The monoisotopic (exact) mass is 330 g/mol. The molecule has 0 bridgehead atoms. The quantitative estimate of drug-likeness (QED) is 0.215. The lowest BCUT2D eigenvalue weighted by Crippen LogP contribution is -2.37. The molecule has 0 aromatic rings. The van der Waals surface area contributed by atoms with E-state index in [0.717, 1.165) is 12.8 Å². The summed E-state index contributed by atoms with van der Waals surface area (Å²) in [6.45, 7) is 11.5. The van der Waals surface area contributed by atoms with Crippen LogP contribution in [0.2, 0.25) is 6.55 Å². The number of hydrogen-bond donors (Lipinski definition) is 0. The first kappa shape index (κ1) is 21.3.